The van der Waals surface area contributed by atoms with Crippen molar-refractivity contribution in [2.24, 2.45) is 0 Å². The molecule has 21 heavy (non-hydrogen) atoms. The monoisotopic (exact) mass is 284 g/mol. The van der Waals surface area contributed by atoms with Crippen LogP contribution in [0.4, 0.5) is 0 Å². The molecule has 0 spiro atoms. The Morgan fingerprint density at radius 2 is 1.48 bits per heavy atom. The molecule has 0 aliphatic heterocycles. The molecule has 0 saturated heterocycles. The van der Waals surface area contributed by atoms with Crippen molar-refractivity contribution >= 4 is 12.3 Å². The molecule has 0 atom stereocenters. The van der Waals surface area contributed by atoms with Gasteiger partial charge in [-0.05, 0) is 41.8 Å². The van der Waals surface area contributed by atoms with Crippen molar-refractivity contribution in [3.8, 4) is 11.5 Å². The van der Waals surface area contributed by atoms with Crippen molar-refractivity contribution < 1.29 is 19.4 Å². The highest BCUT2D eigenvalue weighted by atomic mass is 16.5. The number of hydrogen-bond donors (Lipinski definition) is 1. The molecule has 0 saturated carbocycles. The molecule has 0 radical (unpaired) electrons. The van der Waals surface area contributed by atoms with Crippen LogP contribution in [0.5, 0.6) is 11.5 Å². The lowest BCUT2D eigenvalue weighted by Gasteiger charge is -2.07. The van der Waals surface area contributed by atoms with E-state index < -0.39 is 5.97 Å². The Hall–Kier alpha value is -2.62. The van der Waals surface area contributed by atoms with Crippen molar-refractivity contribution in [3.05, 3.63) is 59.7 Å². The third-order valence-corrected chi connectivity index (χ3v) is 2.99. The number of ether oxygens (including phenoxy) is 1. The number of aryl methyl sites for hydroxylation is 1. The second-order valence-corrected chi connectivity index (χ2v) is 4.67. The van der Waals surface area contributed by atoms with Gasteiger partial charge in [-0.3, -0.25) is 4.79 Å². The van der Waals surface area contributed by atoms with Crippen LogP contribution in [0.25, 0.3) is 0 Å². The summed E-state index contributed by atoms with van der Waals surface area (Å²) in [6, 6.07) is 14.5. The maximum Gasteiger partial charge on any atom is 0.307 e. The summed E-state index contributed by atoms with van der Waals surface area (Å²) in [5.74, 6) is 0.509. The van der Waals surface area contributed by atoms with Gasteiger partial charge in [-0.1, -0.05) is 24.3 Å². The van der Waals surface area contributed by atoms with Gasteiger partial charge in [0.25, 0.3) is 0 Å². The molecule has 2 aromatic rings. The number of carbonyl (C=O) groups excluding carboxylic acids is 1. The van der Waals surface area contributed by atoms with Crippen LogP contribution in [0.15, 0.2) is 48.5 Å². The maximum atomic E-state index is 10.6. The van der Waals surface area contributed by atoms with Gasteiger partial charge in [0.2, 0.25) is 0 Å². The highest BCUT2D eigenvalue weighted by Gasteiger charge is 2.02. The minimum Gasteiger partial charge on any atom is -0.481 e. The fourth-order valence-corrected chi connectivity index (χ4v) is 1.94. The van der Waals surface area contributed by atoms with Gasteiger partial charge in [0.05, 0.1) is 6.42 Å². The lowest BCUT2D eigenvalue weighted by molar-refractivity contribution is -0.136. The molecule has 4 nitrogen and oxygen atoms in total. The molecule has 2 rings (SSSR count). The van der Waals surface area contributed by atoms with Gasteiger partial charge in [0, 0.05) is 6.42 Å². The number of aldehydes is 1. The Bertz CT molecular complexity index is 600. The van der Waals surface area contributed by atoms with E-state index in [0.29, 0.717) is 17.9 Å². The van der Waals surface area contributed by atoms with Gasteiger partial charge in [0.15, 0.2) is 0 Å². The largest absolute Gasteiger partial charge is 0.481 e. The Morgan fingerprint density at radius 3 is 1.95 bits per heavy atom. The summed E-state index contributed by atoms with van der Waals surface area (Å²) < 4.78 is 5.68. The standard InChI is InChI=1S/C17H16O4/c18-11-1-2-13-3-7-15(8-4-13)21-16-9-5-14(6-10-16)12-17(19)20/h3-11H,1-2,12H2,(H,19,20). The summed E-state index contributed by atoms with van der Waals surface area (Å²) >= 11 is 0. The number of carboxylic acid groups (broad SMARTS) is 1. The molecular formula is C17H16O4. The molecular weight excluding hydrogens is 268 g/mol. The molecule has 0 aromatic heterocycles. The quantitative estimate of drug-likeness (QED) is 0.793. The van der Waals surface area contributed by atoms with Crippen LogP contribution >= 0.6 is 0 Å². The van der Waals surface area contributed by atoms with Crippen LogP contribution in [-0.2, 0) is 22.4 Å². The van der Waals surface area contributed by atoms with Crippen molar-refractivity contribution in [3.63, 3.8) is 0 Å². The van der Waals surface area contributed by atoms with Crippen LogP contribution in [0.3, 0.4) is 0 Å². The Morgan fingerprint density at radius 1 is 0.952 bits per heavy atom. The van der Waals surface area contributed by atoms with Crippen LogP contribution in [0, 0.1) is 0 Å². The number of aliphatic carboxylic acids is 1. The third kappa shape index (κ3) is 4.76. The molecule has 2 aromatic carbocycles. The first-order valence-corrected chi connectivity index (χ1v) is 6.68. The first-order chi connectivity index (χ1) is 10.2. The summed E-state index contributed by atoms with van der Waals surface area (Å²) in [5.41, 5.74) is 1.82. The van der Waals surface area contributed by atoms with Gasteiger partial charge >= 0.3 is 5.97 Å². The summed E-state index contributed by atoms with van der Waals surface area (Å²) in [6.45, 7) is 0. The van der Waals surface area contributed by atoms with Gasteiger partial charge in [0.1, 0.15) is 17.8 Å². The Kier molecular flexibility index (Phi) is 5.10. The van der Waals surface area contributed by atoms with Gasteiger partial charge in [-0.2, -0.15) is 0 Å². The van der Waals surface area contributed by atoms with Gasteiger partial charge < -0.3 is 14.6 Å². The molecule has 108 valence electrons. The smallest absolute Gasteiger partial charge is 0.307 e. The van der Waals surface area contributed by atoms with Crippen molar-refractivity contribution in [1.29, 1.82) is 0 Å². The molecule has 4 heteroatoms. The molecule has 0 bridgehead atoms. The number of carboxylic acids is 1. The lowest BCUT2D eigenvalue weighted by Crippen LogP contribution is -1.99. The fourth-order valence-electron chi connectivity index (χ4n) is 1.94. The minimum atomic E-state index is -0.852. The summed E-state index contributed by atoms with van der Waals surface area (Å²) in [4.78, 5) is 20.9. The second-order valence-electron chi connectivity index (χ2n) is 4.67. The lowest BCUT2D eigenvalue weighted by atomic mass is 10.1. The molecule has 0 amide bonds. The summed E-state index contributed by atoms with van der Waals surface area (Å²) in [6.07, 6.45) is 2.16. The number of hydrogen-bond acceptors (Lipinski definition) is 3. The molecule has 0 aliphatic carbocycles. The SMILES string of the molecule is O=CCCc1ccc(Oc2ccc(CC(=O)O)cc2)cc1. The van der Waals surface area contributed by atoms with E-state index in [1.165, 1.54) is 0 Å². The minimum absolute atomic E-state index is 0.00566. The summed E-state index contributed by atoms with van der Waals surface area (Å²) in [5, 5.41) is 8.71. The van der Waals surface area contributed by atoms with E-state index in [1.54, 1.807) is 24.3 Å². The van der Waals surface area contributed by atoms with Crippen LogP contribution in [0.2, 0.25) is 0 Å². The Balaban J connectivity index is 1.97. The summed E-state index contributed by atoms with van der Waals surface area (Å²) in [7, 11) is 0. The zero-order valence-corrected chi connectivity index (χ0v) is 11.5. The van der Waals surface area contributed by atoms with Crippen molar-refractivity contribution in [2.75, 3.05) is 0 Å². The zero-order chi connectivity index (χ0) is 15.1. The maximum absolute atomic E-state index is 10.6. The van der Waals surface area contributed by atoms with Crippen molar-refractivity contribution in [1.82, 2.24) is 0 Å². The number of benzene rings is 2. The third-order valence-electron chi connectivity index (χ3n) is 2.99. The van der Waals surface area contributed by atoms with E-state index in [1.807, 2.05) is 24.3 Å². The van der Waals surface area contributed by atoms with E-state index >= 15 is 0 Å². The highest BCUT2D eigenvalue weighted by Crippen LogP contribution is 2.22. The molecule has 1 N–H and O–H groups in total. The van der Waals surface area contributed by atoms with Gasteiger partial charge in [-0.25, -0.2) is 0 Å². The van der Waals surface area contributed by atoms with Crippen LogP contribution < -0.4 is 4.74 Å². The number of rotatable bonds is 7. The van der Waals surface area contributed by atoms with Crippen molar-refractivity contribution in [2.45, 2.75) is 19.3 Å². The molecule has 0 unspecified atom stereocenters. The van der Waals surface area contributed by atoms with E-state index in [-0.39, 0.29) is 6.42 Å². The average molecular weight is 284 g/mol. The first kappa shape index (κ1) is 14.8. The number of carbonyl (C=O) groups is 2. The molecule has 0 aliphatic rings. The zero-order valence-electron chi connectivity index (χ0n) is 11.5. The first-order valence-electron chi connectivity index (χ1n) is 6.68. The normalized spacial score (nSPS) is 10.1. The molecule has 0 heterocycles. The topological polar surface area (TPSA) is 63.6 Å². The van der Waals surface area contributed by atoms with E-state index in [9.17, 15) is 9.59 Å². The van der Waals surface area contributed by atoms with Crippen LogP contribution in [-0.4, -0.2) is 17.4 Å². The second kappa shape index (κ2) is 7.24. The van der Waals surface area contributed by atoms with E-state index in [4.69, 9.17) is 9.84 Å². The molecule has 0 fully saturated rings. The average Bonchev–Trinajstić information content (AvgIpc) is 2.48. The van der Waals surface area contributed by atoms with E-state index in [2.05, 4.69) is 0 Å². The highest BCUT2D eigenvalue weighted by molar-refractivity contribution is 5.70. The van der Waals surface area contributed by atoms with Crippen LogP contribution in [0.1, 0.15) is 17.5 Å². The Labute approximate surface area is 123 Å². The van der Waals surface area contributed by atoms with E-state index in [0.717, 1.165) is 23.8 Å². The predicted molar refractivity (Wildman–Crippen MR) is 78.7 cm³/mol. The van der Waals surface area contributed by atoms with Gasteiger partial charge in [-0.15, -0.1) is 0 Å². The fraction of sp³-hybridized carbons (Fsp3) is 0.176. The predicted octanol–water partition coefficient (Wildman–Crippen LogP) is 3.24.